The Morgan fingerprint density at radius 3 is 2.71 bits per heavy atom. The molecule has 0 aromatic heterocycles. The molecule has 0 aliphatic rings. The molecule has 0 aliphatic heterocycles. The fraction of sp³-hybridized carbons (Fsp3) is 0.188. The molecule has 0 saturated carbocycles. The van der Waals surface area contributed by atoms with Crippen molar-refractivity contribution < 1.29 is 4.79 Å². The number of carbonyl (C=O) groups is 1. The molecule has 1 amide bonds. The number of rotatable bonds is 5. The molecule has 3 N–H and O–H groups in total. The van der Waals surface area contributed by atoms with Crippen LogP contribution in [-0.2, 0) is 11.3 Å². The van der Waals surface area contributed by atoms with Gasteiger partial charge in [0.05, 0.1) is 6.54 Å². The number of likely N-dealkylation sites (N-methyl/N-ethyl adjacent to an activating group) is 1. The van der Waals surface area contributed by atoms with Crippen LogP contribution >= 0.6 is 15.9 Å². The molecule has 0 radical (unpaired) electrons. The number of nitrogens with one attached hydrogen (secondary N) is 1. The number of nitrogens with zero attached hydrogens (tertiary/aromatic N) is 1. The van der Waals surface area contributed by atoms with E-state index in [1.807, 2.05) is 48.3 Å². The number of halogens is 1. The normalized spacial score (nSPS) is 10.6. The Balaban J connectivity index is 1.89. The summed E-state index contributed by atoms with van der Waals surface area (Å²) in [5, 5.41) is 2.84. The maximum atomic E-state index is 12.0. The van der Waals surface area contributed by atoms with Crippen molar-refractivity contribution in [3.63, 3.8) is 0 Å². The van der Waals surface area contributed by atoms with Crippen molar-refractivity contribution in [1.82, 2.24) is 4.90 Å². The van der Waals surface area contributed by atoms with Crippen LogP contribution in [0.25, 0.3) is 0 Å². The summed E-state index contributed by atoms with van der Waals surface area (Å²) in [5.41, 5.74) is 8.19. The molecule has 110 valence electrons. The summed E-state index contributed by atoms with van der Waals surface area (Å²) in [5.74, 6) is -0.0600. The van der Waals surface area contributed by atoms with Gasteiger partial charge in [0.1, 0.15) is 0 Å². The maximum Gasteiger partial charge on any atom is 0.238 e. The third kappa shape index (κ3) is 4.88. The lowest BCUT2D eigenvalue weighted by Gasteiger charge is -2.17. The molecule has 0 aliphatic carbocycles. The Hall–Kier alpha value is -1.85. The maximum absolute atomic E-state index is 12.0. The first-order valence-electron chi connectivity index (χ1n) is 6.62. The number of nitrogens with two attached hydrogens (primary N) is 1. The van der Waals surface area contributed by atoms with E-state index >= 15 is 0 Å². The highest BCUT2D eigenvalue weighted by Crippen LogP contribution is 2.17. The van der Waals surface area contributed by atoms with E-state index in [9.17, 15) is 4.79 Å². The molecule has 0 fully saturated rings. The highest BCUT2D eigenvalue weighted by Gasteiger charge is 2.09. The molecular formula is C16H18BrN3O. The van der Waals surface area contributed by atoms with Gasteiger partial charge >= 0.3 is 0 Å². The van der Waals surface area contributed by atoms with E-state index < -0.39 is 0 Å². The van der Waals surface area contributed by atoms with Crippen LogP contribution < -0.4 is 11.1 Å². The standard InChI is InChI=1S/C16H18BrN3O/c1-20(10-12-5-2-3-8-15(12)17)11-16(21)19-14-7-4-6-13(18)9-14/h2-9H,10-11,18H2,1H3,(H,19,21). The van der Waals surface area contributed by atoms with Crippen molar-refractivity contribution >= 4 is 33.2 Å². The fourth-order valence-corrected chi connectivity index (χ4v) is 2.45. The highest BCUT2D eigenvalue weighted by atomic mass is 79.9. The van der Waals surface area contributed by atoms with Gasteiger partial charge in [0.15, 0.2) is 0 Å². The zero-order valence-electron chi connectivity index (χ0n) is 11.8. The molecule has 4 nitrogen and oxygen atoms in total. The van der Waals surface area contributed by atoms with Crippen LogP contribution in [0.1, 0.15) is 5.56 Å². The summed E-state index contributed by atoms with van der Waals surface area (Å²) in [6.07, 6.45) is 0. The van der Waals surface area contributed by atoms with Crippen LogP contribution in [0.15, 0.2) is 53.0 Å². The van der Waals surface area contributed by atoms with Crippen molar-refractivity contribution in [2.75, 3.05) is 24.6 Å². The minimum Gasteiger partial charge on any atom is -0.399 e. The van der Waals surface area contributed by atoms with E-state index in [4.69, 9.17) is 5.73 Å². The molecule has 21 heavy (non-hydrogen) atoms. The third-order valence-corrected chi connectivity index (χ3v) is 3.76. The van der Waals surface area contributed by atoms with E-state index in [1.54, 1.807) is 12.1 Å². The zero-order chi connectivity index (χ0) is 15.2. The second-order valence-corrected chi connectivity index (χ2v) is 5.79. The van der Waals surface area contributed by atoms with Gasteiger partial charge in [-0.2, -0.15) is 0 Å². The summed E-state index contributed by atoms with van der Waals surface area (Å²) in [4.78, 5) is 14.0. The van der Waals surface area contributed by atoms with Crippen LogP contribution in [0.4, 0.5) is 11.4 Å². The summed E-state index contributed by atoms with van der Waals surface area (Å²) < 4.78 is 1.05. The Morgan fingerprint density at radius 1 is 1.24 bits per heavy atom. The second-order valence-electron chi connectivity index (χ2n) is 4.94. The average Bonchev–Trinajstić information content (AvgIpc) is 2.41. The zero-order valence-corrected chi connectivity index (χ0v) is 13.4. The number of carbonyl (C=O) groups excluding carboxylic acids is 1. The van der Waals surface area contributed by atoms with Crippen molar-refractivity contribution in [3.8, 4) is 0 Å². The quantitative estimate of drug-likeness (QED) is 0.817. The minimum atomic E-state index is -0.0600. The number of benzene rings is 2. The van der Waals surface area contributed by atoms with Crippen molar-refractivity contribution in [2.24, 2.45) is 0 Å². The molecule has 0 heterocycles. The number of hydrogen-bond donors (Lipinski definition) is 2. The van der Waals surface area contributed by atoms with Gasteiger partial charge in [-0.3, -0.25) is 9.69 Å². The van der Waals surface area contributed by atoms with E-state index in [0.29, 0.717) is 24.5 Å². The third-order valence-electron chi connectivity index (χ3n) is 2.98. The van der Waals surface area contributed by atoms with Crippen LogP contribution in [0.5, 0.6) is 0 Å². The minimum absolute atomic E-state index is 0.0600. The number of anilines is 2. The Bertz CT molecular complexity index is 630. The Labute approximate surface area is 133 Å². The summed E-state index contributed by atoms with van der Waals surface area (Å²) in [7, 11) is 1.92. The summed E-state index contributed by atoms with van der Waals surface area (Å²) in [6, 6.07) is 15.2. The van der Waals surface area contributed by atoms with Gasteiger partial charge in [-0.05, 0) is 36.9 Å². The molecule has 0 bridgehead atoms. The predicted molar refractivity (Wildman–Crippen MR) is 90.0 cm³/mol. The van der Waals surface area contributed by atoms with E-state index in [2.05, 4.69) is 21.2 Å². The average molecular weight is 348 g/mol. The van der Waals surface area contributed by atoms with Gasteiger partial charge in [-0.25, -0.2) is 0 Å². The number of hydrogen-bond acceptors (Lipinski definition) is 3. The van der Waals surface area contributed by atoms with Crippen LogP contribution in [0.3, 0.4) is 0 Å². The van der Waals surface area contributed by atoms with Gasteiger partial charge < -0.3 is 11.1 Å². The van der Waals surface area contributed by atoms with Crippen LogP contribution in [0.2, 0.25) is 0 Å². The molecule has 0 atom stereocenters. The topological polar surface area (TPSA) is 58.4 Å². The predicted octanol–water partition coefficient (Wildman–Crippen LogP) is 3.10. The Morgan fingerprint density at radius 2 is 2.00 bits per heavy atom. The lowest BCUT2D eigenvalue weighted by molar-refractivity contribution is -0.117. The van der Waals surface area contributed by atoms with Crippen molar-refractivity contribution in [1.29, 1.82) is 0 Å². The van der Waals surface area contributed by atoms with E-state index in [1.165, 1.54) is 0 Å². The smallest absolute Gasteiger partial charge is 0.238 e. The molecule has 0 saturated heterocycles. The summed E-state index contributed by atoms with van der Waals surface area (Å²) >= 11 is 3.51. The lowest BCUT2D eigenvalue weighted by atomic mass is 10.2. The van der Waals surface area contributed by atoms with E-state index in [0.717, 1.165) is 10.0 Å². The number of amides is 1. The van der Waals surface area contributed by atoms with Gasteiger partial charge in [0.2, 0.25) is 5.91 Å². The largest absolute Gasteiger partial charge is 0.399 e. The molecular weight excluding hydrogens is 330 g/mol. The first kappa shape index (κ1) is 15.5. The molecule has 5 heteroatoms. The van der Waals surface area contributed by atoms with Gasteiger partial charge in [0.25, 0.3) is 0 Å². The second kappa shape index (κ2) is 7.24. The van der Waals surface area contributed by atoms with Crippen molar-refractivity contribution in [2.45, 2.75) is 6.54 Å². The van der Waals surface area contributed by atoms with Crippen LogP contribution in [-0.4, -0.2) is 24.4 Å². The monoisotopic (exact) mass is 347 g/mol. The molecule has 2 aromatic rings. The first-order chi connectivity index (χ1) is 10.0. The molecule has 2 aromatic carbocycles. The number of nitrogen functional groups attached to an aromatic ring is 1. The molecule has 0 spiro atoms. The first-order valence-corrected chi connectivity index (χ1v) is 7.41. The SMILES string of the molecule is CN(CC(=O)Nc1cccc(N)c1)Cc1ccccc1Br. The lowest BCUT2D eigenvalue weighted by Crippen LogP contribution is -2.29. The van der Waals surface area contributed by atoms with Crippen LogP contribution in [0, 0.1) is 0 Å². The van der Waals surface area contributed by atoms with E-state index in [-0.39, 0.29) is 5.91 Å². The fourth-order valence-electron chi connectivity index (χ4n) is 2.04. The molecule has 0 unspecified atom stereocenters. The van der Waals surface area contributed by atoms with Gasteiger partial charge in [-0.1, -0.05) is 40.2 Å². The summed E-state index contributed by atoms with van der Waals surface area (Å²) in [6.45, 7) is 1.02. The Kier molecular flexibility index (Phi) is 5.36. The van der Waals surface area contributed by atoms with Gasteiger partial charge in [-0.15, -0.1) is 0 Å². The molecule has 2 rings (SSSR count). The van der Waals surface area contributed by atoms with Gasteiger partial charge in [0, 0.05) is 22.4 Å². The van der Waals surface area contributed by atoms with Crippen molar-refractivity contribution in [3.05, 3.63) is 58.6 Å². The highest BCUT2D eigenvalue weighted by molar-refractivity contribution is 9.10.